The predicted octanol–water partition coefficient (Wildman–Crippen LogP) is 1.71. The first kappa shape index (κ1) is 14.5. The molecule has 19 heavy (non-hydrogen) atoms. The standard InChI is InChI=1S/C14H22N2O2S/c1-3-11-19(17,18)16-10-9-15(2)12-14(16)13-7-5-4-6-8-13/h4-8,14H,3,9-12H2,1-2H3. The van der Waals surface area contributed by atoms with E-state index in [0.29, 0.717) is 13.0 Å². The molecule has 0 radical (unpaired) electrons. The molecule has 1 atom stereocenters. The van der Waals surface area contributed by atoms with Crippen LogP contribution in [-0.2, 0) is 10.0 Å². The van der Waals surface area contributed by atoms with Crippen LogP contribution in [0.25, 0.3) is 0 Å². The topological polar surface area (TPSA) is 40.6 Å². The lowest BCUT2D eigenvalue weighted by molar-refractivity contribution is 0.161. The summed E-state index contributed by atoms with van der Waals surface area (Å²) in [4.78, 5) is 2.19. The number of nitrogens with zero attached hydrogens (tertiary/aromatic N) is 2. The van der Waals surface area contributed by atoms with E-state index in [1.807, 2.05) is 44.3 Å². The van der Waals surface area contributed by atoms with Gasteiger partial charge in [-0.3, -0.25) is 0 Å². The number of rotatable bonds is 4. The van der Waals surface area contributed by atoms with Gasteiger partial charge in [0, 0.05) is 19.6 Å². The van der Waals surface area contributed by atoms with E-state index in [4.69, 9.17) is 0 Å². The van der Waals surface area contributed by atoms with Crippen molar-refractivity contribution in [2.24, 2.45) is 0 Å². The van der Waals surface area contributed by atoms with Gasteiger partial charge in [-0.1, -0.05) is 37.3 Å². The smallest absolute Gasteiger partial charge is 0.214 e. The molecule has 0 bridgehead atoms. The Hall–Kier alpha value is -0.910. The quantitative estimate of drug-likeness (QED) is 0.844. The van der Waals surface area contributed by atoms with Gasteiger partial charge in [-0.2, -0.15) is 4.31 Å². The Bertz CT molecular complexity index is 501. The van der Waals surface area contributed by atoms with Crippen molar-refractivity contribution in [2.45, 2.75) is 19.4 Å². The molecule has 0 amide bonds. The van der Waals surface area contributed by atoms with Gasteiger partial charge in [0.1, 0.15) is 0 Å². The molecule has 4 nitrogen and oxygen atoms in total. The van der Waals surface area contributed by atoms with Crippen LogP contribution in [0.1, 0.15) is 24.9 Å². The van der Waals surface area contributed by atoms with Gasteiger partial charge in [0.2, 0.25) is 10.0 Å². The van der Waals surface area contributed by atoms with E-state index >= 15 is 0 Å². The average Bonchev–Trinajstić information content (AvgIpc) is 2.39. The van der Waals surface area contributed by atoms with Crippen molar-refractivity contribution in [1.82, 2.24) is 9.21 Å². The van der Waals surface area contributed by atoms with Crippen LogP contribution in [0.3, 0.4) is 0 Å². The van der Waals surface area contributed by atoms with Crippen LogP contribution in [-0.4, -0.2) is 50.1 Å². The molecule has 5 heteroatoms. The van der Waals surface area contributed by atoms with Gasteiger partial charge in [-0.25, -0.2) is 8.42 Å². The van der Waals surface area contributed by atoms with E-state index in [1.165, 1.54) is 0 Å². The fourth-order valence-electron chi connectivity index (χ4n) is 2.56. The van der Waals surface area contributed by atoms with Gasteiger partial charge in [-0.05, 0) is 19.0 Å². The second kappa shape index (κ2) is 6.03. The fourth-order valence-corrected chi connectivity index (χ4v) is 4.24. The highest BCUT2D eigenvalue weighted by molar-refractivity contribution is 7.89. The van der Waals surface area contributed by atoms with Crippen molar-refractivity contribution in [2.75, 3.05) is 32.4 Å². The summed E-state index contributed by atoms with van der Waals surface area (Å²) in [6.45, 7) is 4.04. The highest BCUT2D eigenvalue weighted by atomic mass is 32.2. The molecule has 2 rings (SSSR count). The Balaban J connectivity index is 2.30. The first-order valence-corrected chi connectivity index (χ1v) is 8.38. The summed E-state index contributed by atoms with van der Waals surface area (Å²) in [6.07, 6.45) is 0.663. The third-order valence-electron chi connectivity index (χ3n) is 3.54. The van der Waals surface area contributed by atoms with E-state index in [9.17, 15) is 8.42 Å². The van der Waals surface area contributed by atoms with Crippen molar-refractivity contribution in [3.63, 3.8) is 0 Å². The summed E-state index contributed by atoms with van der Waals surface area (Å²) >= 11 is 0. The van der Waals surface area contributed by atoms with Crippen LogP contribution in [0.2, 0.25) is 0 Å². The highest BCUT2D eigenvalue weighted by Gasteiger charge is 2.34. The van der Waals surface area contributed by atoms with Crippen molar-refractivity contribution < 1.29 is 8.42 Å². The van der Waals surface area contributed by atoms with Crippen molar-refractivity contribution in [1.29, 1.82) is 0 Å². The Labute approximate surface area is 116 Å². The lowest BCUT2D eigenvalue weighted by atomic mass is 10.1. The summed E-state index contributed by atoms with van der Waals surface area (Å²) in [7, 11) is -1.11. The second-order valence-electron chi connectivity index (χ2n) is 5.12. The molecule has 0 spiro atoms. The van der Waals surface area contributed by atoms with Gasteiger partial charge >= 0.3 is 0 Å². The maximum Gasteiger partial charge on any atom is 0.214 e. The molecule has 1 fully saturated rings. The molecule has 0 N–H and O–H groups in total. The Morgan fingerprint density at radius 2 is 1.89 bits per heavy atom. The summed E-state index contributed by atoms with van der Waals surface area (Å²) in [5, 5.41) is 0. The lowest BCUT2D eigenvalue weighted by Crippen LogP contribution is -2.49. The molecule has 0 aliphatic carbocycles. The normalized spacial score (nSPS) is 22.5. The lowest BCUT2D eigenvalue weighted by Gasteiger charge is -2.39. The zero-order chi connectivity index (χ0) is 13.9. The Kier molecular flexibility index (Phi) is 4.60. The largest absolute Gasteiger partial charge is 0.303 e. The number of likely N-dealkylation sites (N-methyl/N-ethyl adjacent to an activating group) is 1. The minimum atomic E-state index is -3.15. The number of benzene rings is 1. The summed E-state index contributed by atoms with van der Waals surface area (Å²) in [6, 6.07) is 9.86. The summed E-state index contributed by atoms with van der Waals surface area (Å²) < 4.78 is 26.5. The number of hydrogen-bond acceptors (Lipinski definition) is 3. The summed E-state index contributed by atoms with van der Waals surface area (Å²) in [5.74, 6) is 0.236. The molecule has 1 aliphatic rings. The van der Waals surface area contributed by atoms with Crippen molar-refractivity contribution in [3.05, 3.63) is 35.9 Å². The van der Waals surface area contributed by atoms with E-state index in [2.05, 4.69) is 4.90 Å². The monoisotopic (exact) mass is 282 g/mol. The number of piperazine rings is 1. The fraction of sp³-hybridized carbons (Fsp3) is 0.571. The minimum absolute atomic E-state index is 0.0588. The van der Waals surface area contributed by atoms with Crippen molar-refractivity contribution in [3.8, 4) is 0 Å². The molecule has 0 aromatic heterocycles. The average molecular weight is 282 g/mol. The molecule has 1 unspecified atom stereocenters. The molecule has 1 aliphatic heterocycles. The predicted molar refractivity (Wildman–Crippen MR) is 77.5 cm³/mol. The molecule has 106 valence electrons. The Morgan fingerprint density at radius 1 is 1.21 bits per heavy atom. The van der Waals surface area contributed by atoms with Gasteiger partial charge < -0.3 is 4.90 Å². The molecular formula is C14H22N2O2S. The maximum atomic E-state index is 12.4. The first-order chi connectivity index (χ1) is 9.04. The van der Waals surface area contributed by atoms with E-state index in [-0.39, 0.29) is 11.8 Å². The first-order valence-electron chi connectivity index (χ1n) is 6.77. The molecule has 1 saturated heterocycles. The third-order valence-corrected chi connectivity index (χ3v) is 5.61. The highest BCUT2D eigenvalue weighted by Crippen LogP contribution is 2.27. The Morgan fingerprint density at radius 3 is 2.53 bits per heavy atom. The van der Waals surface area contributed by atoms with Crippen LogP contribution in [0.4, 0.5) is 0 Å². The number of sulfonamides is 1. The molecule has 1 heterocycles. The zero-order valence-corrected chi connectivity index (χ0v) is 12.4. The summed E-state index contributed by atoms with van der Waals surface area (Å²) in [5.41, 5.74) is 1.08. The van der Waals surface area contributed by atoms with Crippen LogP contribution in [0, 0.1) is 0 Å². The van der Waals surface area contributed by atoms with Gasteiger partial charge in [0.15, 0.2) is 0 Å². The third kappa shape index (κ3) is 3.35. The molecular weight excluding hydrogens is 260 g/mol. The van der Waals surface area contributed by atoms with Crippen LogP contribution in [0.15, 0.2) is 30.3 Å². The van der Waals surface area contributed by atoms with E-state index in [1.54, 1.807) is 4.31 Å². The molecule has 1 aromatic rings. The van der Waals surface area contributed by atoms with Crippen LogP contribution >= 0.6 is 0 Å². The minimum Gasteiger partial charge on any atom is -0.303 e. The number of hydrogen-bond donors (Lipinski definition) is 0. The van der Waals surface area contributed by atoms with E-state index in [0.717, 1.165) is 18.7 Å². The SMILES string of the molecule is CCCS(=O)(=O)N1CCN(C)CC1c1ccccc1. The van der Waals surface area contributed by atoms with Crippen LogP contribution in [0.5, 0.6) is 0 Å². The van der Waals surface area contributed by atoms with E-state index < -0.39 is 10.0 Å². The van der Waals surface area contributed by atoms with Crippen LogP contribution < -0.4 is 0 Å². The van der Waals surface area contributed by atoms with Crippen molar-refractivity contribution >= 4 is 10.0 Å². The molecule has 0 saturated carbocycles. The zero-order valence-electron chi connectivity index (χ0n) is 11.6. The molecule has 1 aromatic carbocycles. The van der Waals surface area contributed by atoms with Gasteiger partial charge in [0.05, 0.1) is 11.8 Å². The maximum absolute atomic E-state index is 12.4. The second-order valence-corrected chi connectivity index (χ2v) is 7.16. The van der Waals surface area contributed by atoms with Gasteiger partial charge in [0.25, 0.3) is 0 Å². The van der Waals surface area contributed by atoms with Gasteiger partial charge in [-0.15, -0.1) is 0 Å².